The summed E-state index contributed by atoms with van der Waals surface area (Å²) in [5.41, 5.74) is 1.91. The van der Waals surface area contributed by atoms with Crippen LogP contribution in [0.1, 0.15) is 11.1 Å². The van der Waals surface area contributed by atoms with Gasteiger partial charge in [-0.05, 0) is 42.3 Å². The van der Waals surface area contributed by atoms with Crippen molar-refractivity contribution in [2.24, 2.45) is 0 Å². The molecule has 0 bridgehead atoms. The van der Waals surface area contributed by atoms with Gasteiger partial charge in [0, 0.05) is 12.1 Å². The molecule has 0 atom stereocenters. The second-order valence-corrected chi connectivity index (χ2v) is 6.87. The van der Waals surface area contributed by atoms with Gasteiger partial charge in [0.25, 0.3) is 0 Å². The van der Waals surface area contributed by atoms with Crippen LogP contribution in [-0.2, 0) is 15.7 Å². The molecule has 0 unspecified atom stereocenters. The number of halogens is 1. The second kappa shape index (κ2) is 5.85. The Bertz CT molecular complexity index is 724. The third-order valence-corrected chi connectivity index (χ3v) is 4.29. The predicted molar refractivity (Wildman–Crippen MR) is 80.4 cm³/mol. The van der Waals surface area contributed by atoms with Crippen molar-refractivity contribution in [2.45, 2.75) is 17.7 Å². The van der Waals surface area contributed by atoms with Crippen molar-refractivity contribution >= 4 is 21.4 Å². The van der Waals surface area contributed by atoms with Gasteiger partial charge < -0.3 is 4.74 Å². The quantitative estimate of drug-likeness (QED) is 0.804. The Hall–Kier alpha value is -1.52. The van der Waals surface area contributed by atoms with Gasteiger partial charge in [0.1, 0.15) is 11.5 Å². The average Bonchev–Trinajstić information content (AvgIpc) is 2.41. The van der Waals surface area contributed by atoms with E-state index in [0.29, 0.717) is 17.4 Å². The molecule has 5 heteroatoms. The largest absolute Gasteiger partial charge is 0.457 e. The summed E-state index contributed by atoms with van der Waals surface area (Å²) in [4.78, 5) is 0.237. The smallest absolute Gasteiger partial charge is 0.175 e. The molecule has 2 rings (SSSR count). The van der Waals surface area contributed by atoms with E-state index in [-0.39, 0.29) is 4.90 Å². The van der Waals surface area contributed by atoms with Crippen LogP contribution in [0.25, 0.3) is 0 Å². The van der Waals surface area contributed by atoms with Gasteiger partial charge in [-0.3, -0.25) is 0 Å². The molecule has 2 aromatic rings. The highest BCUT2D eigenvalue weighted by Gasteiger charge is 2.09. The average molecular weight is 311 g/mol. The topological polar surface area (TPSA) is 43.4 Å². The molecule has 0 spiro atoms. The molecular formula is C15H15ClO3S. The molecule has 0 fully saturated rings. The van der Waals surface area contributed by atoms with E-state index >= 15 is 0 Å². The van der Waals surface area contributed by atoms with E-state index in [2.05, 4.69) is 0 Å². The van der Waals surface area contributed by atoms with Gasteiger partial charge in [-0.15, -0.1) is 11.6 Å². The first kappa shape index (κ1) is 14.9. The van der Waals surface area contributed by atoms with Gasteiger partial charge in [-0.25, -0.2) is 8.42 Å². The fraction of sp³-hybridized carbons (Fsp3) is 0.200. The first-order chi connectivity index (χ1) is 9.40. The normalized spacial score (nSPS) is 11.3. The van der Waals surface area contributed by atoms with Crippen LogP contribution < -0.4 is 4.74 Å². The van der Waals surface area contributed by atoms with Crippen molar-refractivity contribution in [1.29, 1.82) is 0 Å². The van der Waals surface area contributed by atoms with Gasteiger partial charge >= 0.3 is 0 Å². The minimum absolute atomic E-state index is 0.237. The van der Waals surface area contributed by atoms with E-state index in [1.165, 1.54) is 12.3 Å². The Morgan fingerprint density at radius 1 is 1.15 bits per heavy atom. The highest BCUT2D eigenvalue weighted by atomic mass is 35.5. The van der Waals surface area contributed by atoms with E-state index in [1.807, 2.05) is 25.1 Å². The third kappa shape index (κ3) is 3.52. The minimum atomic E-state index is -3.24. The van der Waals surface area contributed by atoms with Crippen molar-refractivity contribution in [2.75, 3.05) is 6.26 Å². The number of rotatable bonds is 4. The summed E-state index contributed by atoms with van der Waals surface area (Å²) in [5.74, 6) is 1.57. The van der Waals surface area contributed by atoms with E-state index in [9.17, 15) is 8.42 Å². The lowest BCUT2D eigenvalue weighted by molar-refractivity contribution is 0.476. The van der Waals surface area contributed by atoms with Crippen LogP contribution in [-0.4, -0.2) is 14.7 Å². The number of aryl methyl sites for hydroxylation is 1. The van der Waals surface area contributed by atoms with Crippen LogP contribution in [0.4, 0.5) is 0 Å². The fourth-order valence-corrected chi connectivity index (χ4v) is 2.56. The lowest BCUT2D eigenvalue weighted by atomic mass is 10.1. The Morgan fingerprint density at radius 2 is 1.90 bits per heavy atom. The van der Waals surface area contributed by atoms with Crippen LogP contribution in [0.15, 0.2) is 47.4 Å². The maximum absolute atomic E-state index is 11.5. The van der Waals surface area contributed by atoms with Gasteiger partial charge in [-0.2, -0.15) is 0 Å². The highest BCUT2D eigenvalue weighted by Crippen LogP contribution is 2.28. The summed E-state index contributed by atoms with van der Waals surface area (Å²) < 4.78 is 28.8. The molecule has 0 aliphatic heterocycles. The molecule has 20 heavy (non-hydrogen) atoms. The Morgan fingerprint density at radius 3 is 2.55 bits per heavy atom. The summed E-state index contributed by atoms with van der Waals surface area (Å²) in [6.45, 7) is 1.92. The zero-order valence-corrected chi connectivity index (χ0v) is 12.8. The third-order valence-electron chi connectivity index (χ3n) is 2.87. The number of ether oxygens (including phenoxy) is 1. The van der Waals surface area contributed by atoms with Crippen LogP contribution in [0, 0.1) is 6.92 Å². The number of sulfone groups is 1. The molecule has 3 nitrogen and oxygen atoms in total. The maximum Gasteiger partial charge on any atom is 0.175 e. The molecule has 0 aliphatic carbocycles. The maximum atomic E-state index is 11.5. The lowest BCUT2D eigenvalue weighted by Gasteiger charge is -2.10. The van der Waals surface area contributed by atoms with E-state index in [4.69, 9.17) is 16.3 Å². The molecule has 0 aliphatic rings. The molecule has 2 aromatic carbocycles. The zero-order valence-electron chi connectivity index (χ0n) is 11.3. The summed E-state index contributed by atoms with van der Waals surface area (Å²) in [5, 5.41) is 0. The lowest BCUT2D eigenvalue weighted by Crippen LogP contribution is -1.97. The highest BCUT2D eigenvalue weighted by molar-refractivity contribution is 7.90. The molecule has 0 heterocycles. The molecule has 106 valence electrons. The van der Waals surface area contributed by atoms with Crippen molar-refractivity contribution in [3.05, 3.63) is 53.6 Å². The van der Waals surface area contributed by atoms with Crippen molar-refractivity contribution in [1.82, 2.24) is 0 Å². The predicted octanol–water partition coefficient (Wildman–Crippen LogP) is 3.93. The van der Waals surface area contributed by atoms with Crippen LogP contribution in [0.3, 0.4) is 0 Å². The second-order valence-electron chi connectivity index (χ2n) is 4.58. The molecule has 0 radical (unpaired) electrons. The van der Waals surface area contributed by atoms with E-state index in [1.54, 1.807) is 18.2 Å². The summed E-state index contributed by atoms with van der Waals surface area (Å²) in [6, 6.07) is 12.2. The van der Waals surface area contributed by atoms with Gasteiger partial charge in [-0.1, -0.05) is 18.2 Å². The molecule has 0 saturated carbocycles. The molecule has 0 saturated heterocycles. The van der Waals surface area contributed by atoms with Crippen LogP contribution in [0.5, 0.6) is 11.5 Å². The van der Waals surface area contributed by atoms with Crippen LogP contribution in [0.2, 0.25) is 0 Å². The van der Waals surface area contributed by atoms with Crippen molar-refractivity contribution < 1.29 is 13.2 Å². The molecule has 0 N–H and O–H groups in total. The first-order valence-electron chi connectivity index (χ1n) is 6.03. The van der Waals surface area contributed by atoms with Gasteiger partial charge in [0.15, 0.2) is 9.84 Å². The number of hydrogen-bond donors (Lipinski definition) is 0. The first-order valence-corrected chi connectivity index (χ1v) is 8.46. The summed E-state index contributed by atoms with van der Waals surface area (Å²) in [7, 11) is -3.24. The SMILES string of the molecule is Cc1ccc(CCl)cc1Oc1cccc(S(C)(=O)=O)c1. The van der Waals surface area contributed by atoms with Gasteiger partial charge in [0.05, 0.1) is 4.90 Å². The fourth-order valence-electron chi connectivity index (χ4n) is 1.73. The van der Waals surface area contributed by atoms with Gasteiger partial charge in [0.2, 0.25) is 0 Å². The zero-order chi connectivity index (χ0) is 14.8. The van der Waals surface area contributed by atoms with Crippen LogP contribution >= 0.6 is 11.6 Å². The number of alkyl halides is 1. The number of hydrogen-bond acceptors (Lipinski definition) is 3. The van der Waals surface area contributed by atoms with E-state index < -0.39 is 9.84 Å². The molecular weight excluding hydrogens is 296 g/mol. The summed E-state index contributed by atoms with van der Waals surface area (Å²) >= 11 is 5.80. The Kier molecular flexibility index (Phi) is 4.35. The van der Waals surface area contributed by atoms with E-state index in [0.717, 1.165) is 11.1 Å². The standard InChI is InChI=1S/C15H15ClO3S/c1-11-6-7-12(10-16)8-15(11)19-13-4-3-5-14(9-13)20(2,17)18/h3-9H,10H2,1-2H3. The summed E-state index contributed by atoms with van der Waals surface area (Å²) in [6.07, 6.45) is 1.17. The minimum Gasteiger partial charge on any atom is -0.457 e. The Labute approximate surface area is 124 Å². The Balaban J connectivity index is 2.35. The van der Waals surface area contributed by atoms with Crippen molar-refractivity contribution in [3.63, 3.8) is 0 Å². The molecule has 0 aromatic heterocycles. The van der Waals surface area contributed by atoms with Crippen molar-refractivity contribution in [3.8, 4) is 11.5 Å². The molecule has 0 amide bonds. The monoisotopic (exact) mass is 310 g/mol. The number of benzene rings is 2.